The number of benzene rings is 1. The van der Waals surface area contributed by atoms with Gasteiger partial charge in [0.15, 0.2) is 5.82 Å². The molecule has 0 amide bonds. The van der Waals surface area contributed by atoms with Crippen LogP contribution in [0.1, 0.15) is 51.0 Å². The maximum atomic E-state index is 15.9. The lowest BCUT2D eigenvalue weighted by atomic mass is 10.0. The highest BCUT2D eigenvalue weighted by molar-refractivity contribution is 6.31. The lowest BCUT2D eigenvalue weighted by Gasteiger charge is -2.18. The van der Waals surface area contributed by atoms with Gasteiger partial charge in [-0.25, -0.2) is 13.6 Å². The van der Waals surface area contributed by atoms with Crippen LogP contribution in [0.3, 0.4) is 0 Å². The van der Waals surface area contributed by atoms with E-state index in [1.54, 1.807) is 32.3 Å². The quantitative estimate of drug-likeness (QED) is 0.313. The summed E-state index contributed by atoms with van der Waals surface area (Å²) in [7, 11) is 0. The smallest absolute Gasteiger partial charge is 0.338 e. The van der Waals surface area contributed by atoms with Crippen molar-refractivity contribution in [3.05, 3.63) is 109 Å². The van der Waals surface area contributed by atoms with Gasteiger partial charge in [0.05, 0.1) is 16.3 Å². The van der Waals surface area contributed by atoms with E-state index in [9.17, 15) is 19.1 Å². The summed E-state index contributed by atoms with van der Waals surface area (Å²) in [5.74, 6) is -3.49. The van der Waals surface area contributed by atoms with Gasteiger partial charge < -0.3 is 5.11 Å². The molecule has 5 rings (SSSR count). The van der Waals surface area contributed by atoms with Gasteiger partial charge in [-0.2, -0.15) is 0 Å². The highest BCUT2D eigenvalue weighted by atomic mass is 35.5. The van der Waals surface area contributed by atoms with Crippen molar-refractivity contribution in [3.8, 4) is 16.9 Å². The fourth-order valence-electron chi connectivity index (χ4n) is 4.73. The zero-order valence-electron chi connectivity index (χ0n) is 19.6. The molecule has 37 heavy (non-hydrogen) atoms. The Labute approximate surface area is 220 Å². The molecule has 1 saturated carbocycles. The fraction of sp³-hybridized carbons (Fsp3) is 0.185. The number of hydrogen-bond acceptors (Lipinski definition) is 4. The number of aryl methyl sites for hydroxylation is 2. The molecule has 3 heterocycles. The van der Waals surface area contributed by atoms with Crippen molar-refractivity contribution in [2.45, 2.75) is 32.1 Å². The second-order valence-corrected chi connectivity index (χ2v) is 9.82. The van der Waals surface area contributed by atoms with E-state index >= 15 is 4.39 Å². The molecule has 1 fully saturated rings. The largest absolute Gasteiger partial charge is 0.478 e. The second-order valence-electron chi connectivity index (χ2n) is 9.01. The van der Waals surface area contributed by atoms with Crippen LogP contribution in [0.25, 0.3) is 16.9 Å². The van der Waals surface area contributed by atoms with Crippen LogP contribution in [0.5, 0.6) is 0 Å². The Hall–Kier alpha value is -3.62. The van der Waals surface area contributed by atoms with Crippen LogP contribution in [0.15, 0.2) is 53.7 Å². The molecule has 6 nitrogen and oxygen atoms in total. The van der Waals surface area contributed by atoms with E-state index in [-0.39, 0.29) is 28.1 Å². The molecular formula is C27H19Cl2F2N3O3. The van der Waals surface area contributed by atoms with E-state index in [1.807, 2.05) is 6.07 Å². The first-order chi connectivity index (χ1) is 17.6. The van der Waals surface area contributed by atoms with Crippen molar-refractivity contribution in [1.82, 2.24) is 14.5 Å². The lowest BCUT2D eigenvalue weighted by Crippen LogP contribution is -2.24. The second kappa shape index (κ2) is 9.36. The van der Waals surface area contributed by atoms with Crippen LogP contribution in [0, 0.1) is 25.5 Å². The van der Waals surface area contributed by atoms with Crippen molar-refractivity contribution in [3.63, 3.8) is 0 Å². The van der Waals surface area contributed by atoms with Crippen LogP contribution < -0.4 is 5.56 Å². The van der Waals surface area contributed by atoms with Gasteiger partial charge >= 0.3 is 5.97 Å². The topological polar surface area (TPSA) is 85.1 Å². The normalized spacial score (nSPS) is 16.6. The molecule has 0 unspecified atom stereocenters. The number of carboxylic acid groups (broad SMARTS) is 1. The first kappa shape index (κ1) is 25.0. The third-order valence-electron chi connectivity index (χ3n) is 6.59. The average Bonchev–Trinajstić information content (AvgIpc) is 3.65. The molecule has 188 valence electrons. The molecule has 1 N–H and O–H groups in total. The van der Waals surface area contributed by atoms with Gasteiger partial charge in [-0.1, -0.05) is 29.3 Å². The Kier molecular flexibility index (Phi) is 6.33. The number of pyridine rings is 3. The minimum absolute atomic E-state index is 0.0133. The van der Waals surface area contributed by atoms with Gasteiger partial charge in [0.2, 0.25) is 0 Å². The van der Waals surface area contributed by atoms with E-state index in [0.717, 1.165) is 22.6 Å². The Bertz CT molecular complexity index is 1660. The molecule has 1 aromatic carbocycles. The summed E-state index contributed by atoms with van der Waals surface area (Å²) in [6.07, 6.45) is 5.34. The molecule has 0 spiro atoms. The first-order valence-electron chi connectivity index (χ1n) is 11.3. The zero-order chi connectivity index (χ0) is 26.6. The SMILES string of the molecule is Cc1cnc(-c2cccc(C(=O)O)c2F)c(F)c1-n1c(C)cc([C@H]2C[C@@H]2c2cncc(Cl)c2)c(Cl)c1=O. The summed E-state index contributed by atoms with van der Waals surface area (Å²) in [4.78, 5) is 33.0. The van der Waals surface area contributed by atoms with E-state index in [0.29, 0.717) is 21.8 Å². The summed E-state index contributed by atoms with van der Waals surface area (Å²) in [6.45, 7) is 3.22. The third kappa shape index (κ3) is 4.30. The third-order valence-corrected chi connectivity index (χ3v) is 7.18. The van der Waals surface area contributed by atoms with Crippen LogP contribution in [0.4, 0.5) is 8.78 Å². The number of hydrogen-bond donors (Lipinski definition) is 1. The van der Waals surface area contributed by atoms with Crippen LogP contribution >= 0.6 is 23.2 Å². The van der Waals surface area contributed by atoms with Crippen molar-refractivity contribution in [2.75, 3.05) is 0 Å². The standard InChI is InChI=1S/C27H19Cl2F2N3O3/c1-12-9-33-24(16-4-3-5-17(22(16)30)27(36)37)23(31)25(12)34-13(2)6-20(21(29)26(34)35)19-8-18(19)14-7-15(28)11-32-10-14/h3-7,9-11,18-19H,8H2,1-2H3,(H,36,37)/t18-,19+/m1/s1. The van der Waals surface area contributed by atoms with Crippen LogP contribution in [0.2, 0.25) is 10.0 Å². The Balaban J connectivity index is 1.61. The maximum absolute atomic E-state index is 15.9. The predicted octanol–water partition coefficient (Wildman–Crippen LogP) is 6.47. The molecule has 10 heteroatoms. The van der Waals surface area contributed by atoms with Crippen LogP contribution in [-0.2, 0) is 0 Å². The monoisotopic (exact) mass is 541 g/mol. The highest BCUT2D eigenvalue weighted by Gasteiger charge is 2.42. The van der Waals surface area contributed by atoms with Gasteiger partial charge in [-0.15, -0.1) is 0 Å². The van der Waals surface area contributed by atoms with Gasteiger partial charge in [-0.05, 0) is 73.1 Å². The number of carboxylic acids is 1. The first-order valence-corrected chi connectivity index (χ1v) is 12.1. The summed E-state index contributed by atoms with van der Waals surface area (Å²) < 4.78 is 31.9. The number of carbonyl (C=O) groups is 1. The predicted molar refractivity (Wildman–Crippen MR) is 136 cm³/mol. The molecule has 2 atom stereocenters. The summed E-state index contributed by atoms with van der Waals surface area (Å²) in [5.41, 5.74) is 0.233. The highest BCUT2D eigenvalue weighted by Crippen LogP contribution is 2.56. The maximum Gasteiger partial charge on any atom is 0.338 e. The van der Waals surface area contributed by atoms with Crippen molar-refractivity contribution >= 4 is 29.2 Å². The molecular weight excluding hydrogens is 523 g/mol. The van der Waals surface area contributed by atoms with Crippen molar-refractivity contribution < 1.29 is 18.7 Å². The number of halogens is 4. The van der Waals surface area contributed by atoms with Crippen LogP contribution in [-0.4, -0.2) is 25.6 Å². The van der Waals surface area contributed by atoms with Gasteiger partial charge in [0.1, 0.15) is 16.5 Å². The molecule has 4 aromatic rings. The lowest BCUT2D eigenvalue weighted by molar-refractivity contribution is 0.0692. The van der Waals surface area contributed by atoms with Gasteiger partial charge in [0.25, 0.3) is 5.56 Å². The fourth-order valence-corrected chi connectivity index (χ4v) is 5.19. The Morgan fingerprint density at radius 1 is 1.08 bits per heavy atom. The minimum atomic E-state index is -1.49. The zero-order valence-corrected chi connectivity index (χ0v) is 21.1. The molecule has 1 aliphatic rings. The van der Waals surface area contributed by atoms with Crippen molar-refractivity contribution in [1.29, 1.82) is 0 Å². The van der Waals surface area contributed by atoms with Crippen molar-refractivity contribution in [2.24, 2.45) is 0 Å². The molecule has 1 aliphatic carbocycles. The molecule has 3 aromatic heterocycles. The summed E-state index contributed by atoms with van der Waals surface area (Å²) in [6, 6.07) is 7.18. The van der Waals surface area contributed by atoms with Gasteiger partial charge in [-0.3, -0.25) is 19.3 Å². The molecule has 0 aliphatic heterocycles. The molecule has 0 saturated heterocycles. The average molecular weight is 542 g/mol. The van der Waals surface area contributed by atoms with E-state index in [1.165, 1.54) is 18.3 Å². The Morgan fingerprint density at radius 3 is 2.54 bits per heavy atom. The number of aromatic nitrogens is 3. The number of aromatic carboxylic acids is 1. The van der Waals surface area contributed by atoms with E-state index < -0.39 is 34.4 Å². The molecule has 0 radical (unpaired) electrons. The summed E-state index contributed by atoms with van der Waals surface area (Å²) >= 11 is 12.6. The minimum Gasteiger partial charge on any atom is -0.478 e. The van der Waals surface area contributed by atoms with E-state index in [4.69, 9.17) is 23.2 Å². The number of nitrogens with zero attached hydrogens (tertiary/aromatic N) is 3. The van der Waals surface area contributed by atoms with E-state index in [2.05, 4.69) is 9.97 Å². The summed E-state index contributed by atoms with van der Waals surface area (Å²) in [5, 5.41) is 9.72. The Morgan fingerprint density at radius 2 is 1.84 bits per heavy atom. The molecule has 0 bridgehead atoms. The van der Waals surface area contributed by atoms with Gasteiger partial charge in [0, 0.05) is 29.8 Å². The number of rotatable bonds is 5.